The summed E-state index contributed by atoms with van der Waals surface area (Å²) in [5.74, 6) is -0.326. The summed E-state index contributed by atoms with van der Waals surface area (Å²) in [6.07, 6.45) is 3.91. The van der Waals surface area contributed by atoms with Crippen LogP contribution in [0.1, 0.15) is 60.3 Å². The number of ketones is 1. The number of hydrogen-bond donors (Lipinski definition) is 0. The zero-order valence-electron chi connectivity index (χ0n) is 21.2. The van der Waals surface area contributed by atoms with Gasteiger partial charge in [-0.25, -0.2) is 9.18 Å². The quantitative estimate of drug-likeness (QED) is 0.388. The topological polar surface area (TPSA) is 46.6 Å². The lowest BCUT2D eigenvalue weighted by atomic mass is 9.76. The third-order valence-electron chi connectivity index (χ3n) is 8.61. The molecule has 3 aliphatic rings. The van der Waals surface area contributed by atoms with Gasteiger partial charge in [-0.15, -0.1) is 0 Å². The van der Waals surface area contributed by atoms with Crippen LogP contribution in [0.5, 0.6) is 0 Å². The van der Waals surface area contributed by atoms with Crippen molar-refractivity contribution < 1.29 is 18.7 Å². The highest BCUT2D eigenvalue weighted by Crippen LogP contribution is 2.45. The number of amides is 1. The Bertz CT molecular complexity index is 1290. The number of carbonyl (C=O) groups excluding carboxylic acids is 2. The van der Waals surface area contributed by atoms with Crippen LogP contribution in [0.25, 0.3) is 11.1 Å². The number of Topliss-reactive ketones (excluding diaryl/α,β-unsaturated/α-hetero) is 1. The minimum atomic E-state index is -0.285. The fraction of sp³-hybridized carbons (Fsp3) is 0.375. The van der Waals surface area contributed by atoms with Gasteiger partial charge in [0.25, 0.3) is 0 Å². The van der Waals surface area contributed by atoms with E-state index < -0.39 is 0 Å². The average Bonchev–Trinajstić information content (AvgIpc) is 3.23. The summed E-state index contributed by atoms with van der Waals surface area (Å²) >= 11 is 0. The minimum Gasteiger partial charge on any atom is -0.448 e. The number of halogens is 1. The molecule has 1 amide bonds. The molecule has 2 heterocycles. The van der Waals surface area contributed by atoms with Gasteiger partial charge >= 0.3 is 6.09 Å². The Labute approximate surface area is 217 Å². The van der Waals surface area contributed by atoms with Crippen molar-refractivity contribution in [3.05, 3.63) is 94.8 Å². The number of carbonyl (C=O) groups is 2. The summed E-state index contributed by atoms with van der Waals surface area (Å²) in [4.78, 5) is 28.5. The first-order chi connectivity index (χ1) is 18.0. The molecule has 190 valence electrons. The number of benzene rings is 3. The van der Waals surface area contributed by atoms with Gasteiger partial charge in [0.05, 0.1) is 0 Å². The zero-order valence-corrected chi connectivity index (χ0v) is 21.2. The van der Waals surface area contributed by atoms with Crippen molar-refractivity contribution in [1.29, 1.82) is 0 Å². The molecular formula is C32H32FNO3. The van der Waals surface area contributed by atoms with Crippen molar-refractivity contribution in [3.8, 4) is 11.1 Å². The minimum absolute atomic E-state index is 0.000503. The Kier molecular flexibility index (Phi) is 6.31. The average molecular weight is 498 g/mol. The number of piperidine rings is 2. The van der Waals surface area contributed by atoms with Gasteiger partial charge in [0, 0.05) is 30.3 Å². The van der Waals surface area contributed by atoms with Crippen molar-refractivity contribution in [3.63, 3.8) is 0 Å². The third kappa shape index (κ3) is 4.35. The molecule has 2 fully saturated rings. The molecule has 37 heavy (non-hydrogen) atoms. The van der Waals surface area contributed by atoms with Crippen LogP contribution in [0.2, 0.25) is 0 Å². The molecule has 2 unspecified atom stereocenters. The molecule has 6 rings (SSSR count). The van der Waals surface area contributed by atoms with E-state index in [4.69, 9.17) is 4.74 Å². The fourth-order valence-electron chi connectivity index (χ4n) is 6.79. The maximum Gasteiger partial charge on any atom is 0.410 e. The lowest BCUT2D eigenvalue weighted by molar-refractivity contribution is -0.126. The first-order valence-electron chi connectivity index (χ1n) is 13.4. The van der Waals surface area contributed by atoms with E-state index in [0.29, 0.717) is 30.6 Å². The van der Waals surface area contributed by atoms with Crippen LogP contribution in [-0.4, -0.2) is 35.5 Å². The molecule has 1 aliphatic carbocycles. The van der Waals surface area contributed by atoms with Crippen molar-refractivity contribution >= 4 is 11.9 Å². The molecule has 3 aromatic carbocycles. The Morgan fingerprint density at radius 2 is 1.51 bits per heavy atom. The second-order valence-corrected chi connectivity index (χ2v) is 10.8. The number of rotatable bonds is 5. The summed E-state index contributed by atoms with van der Waals surface area (Å²) in [5.41, 5.74) is 5.84. The van der Waals surface area contributed by atoms with Crippen LogP contribution in [0.15, 0.2) is 66.7 Å². The molecule has 2 bridgehead atoms. The van der Waals surface area contributed by atoms with E-state index in [9.17, 15) is 14.0 Å². The molecule has 4 nitrogen and oxygen atoms in total. The molecule has 0 radical (unpaired) electrons. The Morgan fingerprint density at radius 1 is 0.892 bits per heavy atom. The number of aryl methyl sites for hydroxylation is 1. The van der Waals surface area contributed by atoms with Gasteiger partial charge < -0.3 is 9.64 Å². The number of fused-ring (bicyclic) bond motifs is 5. The lowest BCUT2D eigenvalue weighted by Crippen LogP contribution is -2.56. The third-order valence-corrected chi connectivity index (χ3v) is 8.61. The maximum absolute atomic E-state index is 14.5. The van der Waals surface area contributed by atoms with Gasteiger partial charge in [-0.2, -0.15) is 0 Å². The maximum atomic E-state index is 14.5. The van der Waals surface area contributed by atoms with Crippen molar-refractivity contribution in [1.82, 2.24) is 4.90 Å². The van der Waals surface area contributed by atoms with E-state index in [2.05, 4.69) is 24.3 Å². The predicted octanol–water partition coefficient (Wildman–Crippen LogP) is 6.83. The van der Waals surface area contributed by atoms with Crippen molar-refractivity contribution in [2.75, 3.05) is 6.61 Å². The van der Waals surface area contributed by atoms with Crippen LogP contribution < -0.4 is 0 Å². The molecule has 2 atom stereocenters. The SMILES string of the molecule is Cc1cccc(CC(=O)C2CC3CCCC(C2)N3C(=O)OCC2c3ccccc3-c3ccccc32)c1F. The Hall–Kier alpha value is -3.47. The predicted molar refractivity (Wildman–Crippen MR) is 141 cm³/mol. The molecule has 0 aromatic heterocycles. The molecule has 0 spiro atoms. The van der Waals surface area contributed by atoms with E-state index in [1.54, 1.807) is 25.1 Å². The molecular weight excluding hydrogens is 465 g/mol. The molecule has 0 saturated carbocycles. The standard InChI is InChI=1S/C32H32FNO3/c1-20-8-6-9-21(31(20)33)18-30(35)22-16-23-10-7-11-24(17-22)34(23)32(36)37-19-29-27-14-4-2-12-25(27)26-13-3-5-15-28(26)29/h2-6,8-9,12-15,22-24,29H,7,10-11,16-19H2,1H3. The highest BCUT2D eigenvalue weighted by Gasteiger charge is 2.44. The van der Waals surface area contributed by atoms with Gasteiger partial charge in [-0.05, 0) is 72.4 Å². The zero-order chi connectivity index (χ0) is 25.5. The fourth-order valence-corrected chi connectivity index (χ4v) is 6.79. The molecule has 0 N–H and O–H groups in total. The van der Waals surface area contributed by atoms with Crippen LogP contribution in [0.3, 0.4) is 0 Å². The van der Waals surface area contributed by atoms with E-state index >= 15 is 0 Å². The second kappa shape index (κ2) is 9.77. The number of nitrogens with zero attached hydrogens (tertiary/aromatic N) is 1. The van der Waals surface area contributed by atoms with Crippen LogP contribution >= 0.6 is 0 Å². The van der Waals surface area contributed by atoms with E-state index in [0.717, 1.165) is 19.3 Å². The summed E-state index contributed by atoms with van der Waals surface area (Å²) in [7, 11) is 0. The van der Waals surface area contributed by atoms with Gasteiger partial charge in [0.15, 0.2) is 0 Å². The van der Waals surface area contributed by atoms with Gasteiger partial charge in [-0.1, -0.05) is 66.7 Å². The lowest BCUT2D eigenvalue weighted by Gasteiger charge is -2.47. The summed E-state index contributed by atoms with van der Waals surface area (Å²) in [6.45, 7) is 2.03. The van der Waals surface area contributed by atoms with Gasteiger partial charge in [0.1, 0.15) is 18.2 Å². The van der Waals surface area contributed by atoms with Crippen molar-refractivity contribution in [2.45, 2.75) is 63.5 Å². The summed E-state index contributed by atoms with van der Waals surface area (Å²) < 4.78 is 20.5. The summed E-state index contributed by atoms with van der Waals surface area (Å²) in [6, 6.07) is 21.9. The number of ether oxygens (including phenoxy) is 1. The highest BCUT2D eigenvalue weighted by atomic mass is 19.1. The Balaban J connectivity index is 1.14. The normalized spacial score (nSPS) is 22.3. The Morgan fingerprint density at radius 3 is 2.16 bits per heavy atom. The first-order valence-corrected chi connectivity index (χ1v) is 13.4. The van der Waals surface area contributed by atoms with Crippen molar-refractivity contribution in [2.24, 2.45) is 5.92 Å². The highest BCUT2D eigenvalue weighted by molar-refractivity contribution is 5.84. The molecule has 2 saturated heterocycles. The molecule has 5 heteroatoms. The van der Waals surface area contributed by atoms with E-state index in [1.807, 2.05) is 29.2 Å². The summed E-state index contributed by atoms with van der Waals surface area (Å²) in [5, 5.41) is 0. The largest absolute Gasteiger partial charge is 0.448 e. The van der Waals surface area contributed by atoms with Gasteiger partial charge in [-0.3, -0.25) is 4.79 Å². The van der Waals surface area contributed by atoms with Crippen LogP contribution in [0, 0.1) is 18.7 Å². The van der Waals surface area contributed by atoms with E-state index in [-0.39, 0.29) is 48.0 Å². The van der Waals surface area contributed by atoms with Gasteiger partial charge in [0.2, 0.25) is 0 Å². The second-order valence-electron chi connectivity index (χ2n) is 10.8. The molecule has 3 aromatic rings. The monoisotopic (exact) mass is 497 g/mol. The smallest absolute Gasteiger partial charge is 0.410 e. The van der Waals surface area contributed by atoms with E-state index in [1.165, 1.54) is 22.3 Å². The van der Waals surface area contributed by atoms with Crippen LogP contribution in [0.4, 0.5) is 9.18 Å². The first kappa shape index (κ1) is 23.9. The molecule has 2 aliphatic heterocycles. The number of hydrogen-bond acceptors (Lipinski definition) is 3. The van der Waals surface area contributed by atoms with Crippen LogP contribution in [-0.2, 0) is 16.0 Å².